The van der Waals surface area contributed by atoms with Crippen LogP contribution < -0.4 is 0 Å². The highest BCUT2D eigenvalue weighted by molar-refractivity contribution is 14.1. The van der Waals surface area contributed by atoms with Gasteiger partial charge in [0.15, 0.2) is 0 Å². The Morgan fingerprint density at radius 2 is 2.22 bits per heavy atom. The first-order valence-corrected chi connectivity index (χ1v) is 6.24. The normalized spacial score (nSPS) is 10.2. The molecule has 0 amide bonds. The predicted molar refractivity (Wildman–Crippen MR) is 69.2 cm³/mol. The lowest BCUT2D eigenvalue weighted by molar-refractivity contribution is -0.142. The average molecular weight is 365 g/mol. The van der Waals surface area contributed by atoms with Gasteiger partial charge in [0.25, 0.3) is 6.43 Å². The van der Waals surface area contributed by atoms with Crippen LogP contribution in [0.3, 0.4) is 0 Å². The van der Waals surface area contributed by atoms with Crippen molar-refractivity contribution < 1.29 is 18.3 Å². The number of carbonyl (C=O) groups is 1. The van der Waals surface area contributed by atoms with Gasteiger partial charge in [0.05, 0.1) is 18.6 Å². The summed E-state index contributed by atoms with van der Waals surface area (Å²) in [5, 5.41) is 8.79. The SMILES string of the molecule is CCOC(=O)Cc1ccc(C#N)c(I)c1C(F)F. The van der Waals surface area contributed by atoms with E-state index in [-0.39, 0.29) is 33.3 Å². The smallest absolute Gasteiger partial charge is 0.310 e. The van der Waals surface area contributed by atoms with Gasteiger partial charge < -0.3 is 4.74 Å². The van der Waals surface area contributed by atoms with Gasteiger partial charge in [-0.3, -0.25) is 4.79 Å². The number of halogens is 3. The van der Waals surface area contributed by atoms with Crippen LogP contribution in [0, 0.1) is 14.9 Å². The van der Waals surface area contributed by atoms with Crippen molar-refractivity contribution in [3.63, 3.8) is 0 Å². The summed E-state index contributed by atoms with van der Waals surface area (Å²) in [5.41, 5.74) is 0.119. The summed E-state index contributed by atoms with van der Waals surface area (Å²) in [6, 6.07) is 4.65. The fraction of sp³-hybridized carbons (Fsp3) is 0.333. The molecule has 1 aromatic carbocycles. The molecular formula is C12H10F2INO2. The molecule has 1 aromatic rings. The summed E-state index contributed by atoms with van der Waals surface area (Å²) in [6.45, 7) is 1.85. The van der Waals surface area contributed by atoms with Gasteiger partial charge in [-0.2, -0.15) is 5.26 Å². The van der Waals surface area contributed by atoms with Crippen molar-refractivity contribution in [2.45, 2.75) is 19.8 Å². The topological polar surface area (TPSA) is 50.1 Å². The van der Waals surface area contributed by atoms with Crippen LogP contribution in [-0.2, 0) is 16.0 Å². The van der Waals surface area contributed by atoms with Gasteiger partial charge in [-0.15, -0.1) is 0 Å². The lowest BCUT2D eigenvalue weighted by atomic mass is 10.0. The van der Waals surface area contributed by atoms with Gasteiger partial charge in [0, 0.05) is 9.13 Å². The van der Waals surface area contributed by atoms with Gasteiger partial charge in [-0.05, 0) is 41.1 Å². The van der Waals surface area contributed by atoms with Crippen LogP contribution in [0.1, 0.15) is 30.0 Å². The van der Waals surface area contributed by atoms with Gasteiger partial charge in [0.2, 0.25) is 0 Å². The summed E-state index contributed by atoms with van der Waals surface area (Å²) in [7, 11) is 0. The second-order valence-electron chi connectivity index (χ2n) is 3.39. The van der Waals surface area contributed by atoms with E-state index in [1.165, 1.54) is 12.1 Å². The van der Waals surface area contributed by atoms with Crippen molar-refractivity contribution in [1.29, 1.82) is 5.26 Å². The highest BCUT2D eigenvalue weighted by Crippen LogP contribution is 2.30. The van der Waals surface area contributed by atoms with Crippen molar-refractivity contribution in [1.82, 2.24) is 0 Å². The van der Waals surface area contributed by atoms with Crippen molar-refractivity contribution in [3.8, 4) is 6.07 Å². The van der Waals surface area contributed by atoms with Crippen LogP contribution in [0.15, 0.2) is 12.1 Å². The van der Waals surface area contributed by atoms with Crippen LogP contribution in [0.2, 0.25) is 0 Å². The number of benzene rings is 1. The molecule has 6 heteroatoms. The molecule has 0 N–H and O–H groups in total. The van der Waals surface area contributed by atoms with Crippen molar-refractivity contribution in [2.24, 2.45) is 0 Å². The van der Waals surface area contributed by atoms with Gasteiger partial charge in [-0.1, -0.05) is 6.07 Å². The van der Waals surface area contributed by atoms with Crippen LogP contribution >= 0.6 is 22.6 Å². The van der Waals surface area contributed by atoms with Crippen LogP contribution in [0.5, 0.6) is 0 Å². The number of nitrogens with zero attached hydrogens (tertiary/aromatic N) is 1. The number of ether oxygens (including phenoxy) is 1. The maximum absolute atomic E-state index is 13.0. The number of hydrogen-bond donors (Lipinski definition) is 0. The molecule has 1 rings (SSSR count). The molecule has 0 bridgehead atoms. The Labute approximate surface area is 117 Å². The Kier molecular flexibility index (Phi) is 5.47. The molecule has 0 spiro atoms. The summed E-state index contributed by atoms with van der Waals surface area (Å²) < 4.78 is 30.9. The van der Waals surface area contributed by atoms with Crippen LogP contribution in [0.25, 0.3) is 0 Å². The Bertz CT molecular complexity index is 498. The molecule has 0 aliphatic carbocycles. The molecule has 0 saturated carbocycles. The Morgan fingerprint density at radius 3 is 2.72 bits per heavy atom. The lowest BCUT2D eigenvalue weighted by Crippen LogP contribution is -2.11. The molecule has 0 radical (unpaired) electrons. The summed E-state index contributed by atoms with van der Waals surface area (Å²) in [6.07, 6.45) is -2.94. The van der Waals surface area contributed by atoms with Gasteiger partial charge >= 0.3 is 5.97 Å². The van der Waals surface area contributed by atoms with Crippen molar-refractivity contribution in [3.05, 3.63) is 32.4 Å². The number of esters is 1. The Hall–Kier alpha value is -1.23. The summed E-state index contributed by atoms with van der Waals surface area (Å²) >= 11 is 1.70. The molecular weight excluding hydrogens is 355 g/mol. The molecule has 0 unspecified atom stereocenters. The largest absolute Gasteiger partial charge is 0.466 e. The number of alkyl halides is 2. The molecule has 0 aliphatic heterocycles. The number of hydrogen-bond acceptors (Lipinski definition) is 3. The first kappa shape index (κ1) is 14.8. The zero-order valence-electron chi connectivity index (χ0n) is 9.54. The predicted octanol–water partition coefficient (Wildman–Crippen LogP) is 3.21. The van der Waals surface area contributed by atoms with E-state index in [1.54, 1.807) is 29.5 Å². The van der Waals surface area contributed by atoms with Gasteiger partial charge in [-0.25, -0.2) is 8.78 Å². The summed E-state index contributed by atoms with van der Waals surface area (Å²) in [5.74, 6) is -0.556. The zero-order valence-corrected chi connectivity index (χ0v) is 11.7. The van der Waals surface area contributed by atoms with E-state index in [0.29, 0.717) is 0 Å². The lowest BCUT2D eigenvalue weighted by Gasteiger charge is -2.11. The Morgan fingerprint density at radius 1 is 1.56 bits per heavy atom. The van der Waals surface area contributed by atoms with E-state index in [0.717, 1.165) is 0 Å². The molecule has 0 aliphatic rings. The minimum atomic E-state index is -2.73. The number of carbonyl (C=O) groups excluding carboxylic acids is 1. The second-order valence-corrected chi connectivity index (χ2v) is 4.47. The van der Waals surface area contributed by atoms with E-state index in [9.17, 15) is 13.6 Å². The Balaban J connectivity index is 3.17. The number of rotatable bonds is 4. The highest BCUT2D eigenvalue weighted by atomic mass is 127. The van der Waals surface area contributed by atoms with E-state index in [1.807, 2.05) is 6.07 Å². The first-order chi connectivity index (χ1) is 8.51. The van der Waals surface area contributed by atoms with E-state index < -0.39 is 12.4 Å². The minimum absolute atomic E-state index is 0.179. The zero-order chi connectivity index (χ0) is 13.7. The fourth-order valence-electron chi connectivity index (χ4n) is 1.48. The first-order valence-electron chi connectivity index (χ1n) is 5.16. The third kappa shape index (κ3) is 3.38. The molecule has 0 saturated heterocycles. The quantitative estimate of drug-likeness (QED) is 0.608. The minimum Gasteiger partial charge on any atom is -0.466 e. The average Bonchev–Trinajstić information content (AvgIpc) is 2.29. The van der Waals surface area contributed by atoms with E-state index in [4.69, 9.17) is 10.00 Å². The van der Waals surface area contributed by atoms with E-state index in [2.05, 4.69) is 0 Å². The van der Waals surface area contributed by atoms with Crippen LogP contribution in [-0.4, -0.2) is 12.6 Å². The maximum Gasteiger partial charge on any atom is 0.310 e. The molecule has 18 heavy (non-hydrogen) atoms. The van der Waals surface area contributed by atoms with Crippen molar-refractivity contribution in [2.75, 3.05) is 6.61 Å². The van der Waals surface area contributed by atoms with Crippen molar-refractivity contribution >= 4 is 28.6 Å². The summed E-state index contributed by atoms with van der Waals surface area (Å²) in [4.78, 5) is 11.3. The fourth-order valence-corrected chi connectivity index (χ4v) is 2.36. The third-order valence-electron chi connectivity index (χ3n) is 2.25. The molecule has 96 valence electrons. The molecule has 0 heterocycles. The molecule has 0 aromatic heterocycles. The molecule has 3 nitrogen and oxygen atoms in total. The third-order valence-corrected chi connectivity index (χ3v) is 3.41. The van der Waals surface area contributed by atoms with E-state index >= 15 is 0 Å². The maximum atomic E-state index is 13.0. The monoisotopic (exact) mass is 365 g/mol. The highest BCUT2D eigenvalue weighted by Gasteiger charge is 2.21. The standard InChI is InChI=1S/C12H10F2INO2/c1-2-18-9(17)5-7-3-4-8(6-16)11(15)10(7)12(13)14/h3-4,12H,2,5H2,1H3. The van der Waals surface area contributed by atoms with Gasteiger partial charge in [0.1, 0.15) is 6.07 Å². The molecule has 0 fully saturated rings. The number of nitriles is 1. The molecule has 0 atom stereocenters. The van der Waals surface area contributed by atoms with Crippen LogP contribution in [0.4, 0.5) is 8.78 Å². The second kappa shape index (κ2) is 6.64.